The van der Waals surface area contributed by atoms with Crippen LogP contribution in [-0.4, -0.2) is 9.97 Å². The van der Waals surface area contributed by atoms with Crippen molar-refractivity contribution in [2.24, 2.45) is 5.73 Å². The molecule has 0 saturated carbocycles. The monoisotopic (exact) mass is 333 g/mol. The van der Waals surface area contributed by atoms with E-state index in [4.69, 9.17) is 18.0 Å². The van der Waals surface area contributed by atoms with Crippen molar-refractivity contribution in [1.29, 1.82) is 0 Å². The molecule has 0 bridgehead atoms. The highest BCUT2D eigenvalue weighted by Gasteiger charge is 2.36. The Labute approximate surface area is 146 Å². The van der Waals surface area contributed by atoms with Crippen molar-refractivity contribution in [3.63, 3.8) is 0 Å². The molecule has 1 aliphatic carbocycles. The van der Waals surface area contributed by atoms with Gasteiger partial charge in [0.15, 0.2) is 0 Å². The molecule has 1 atom stereocenters. The Morgan fingerprint density at radius 3 is 2.92 bits per heavy atom. The smallest absolute Gasteiger partial charge is 0.105 e. The molecule has 4 rings (SSSR count). The average Bonchev–Trinajstić information content (AvgIpc) is 2.62. The molecular weight excluding hydrogens is 314 g/mol. The number of hydrogen-bond donors (Lipinski definition) is 2. The Balaban J connectivity index is 1.66. The number of aromatic nitrogens is 1. The molecule has 3 N–H and O–H groups in total. The van der Waals surface area contributed by atoms with Crippen LogP contribution >= 0.6 is 12.2 Å². The molecule has 3 aromatic rings. The van der Waals surface area contributed by atoms with Crippen molar-refractivity contribution in [3.8, 4) is 0 Å². The fourth-order valence-electron chi connectivity index (χ4n) is 3.51. The van der Waals surface area contributed by atoms with E-state index >= 15 is 0 Å². The Hall–Kier alpha value is -2.30. The number of benzene rings is 2. The van der Waals surface area contributed by atoms with E-state index < -0.39 is 5.54 Å². The van der Waals surface area contributed by atoms with Crippen LogP contribution in [0, 0.1) is 0 Å². The van der Waals surface area contributed by atoms with E-state index in [2.05, 4.69) is 34.6 Å². The highest BCUT2D eigenvalue weighted by atomic mass is 32.1. The Morgan fingerprint density at radius 2 is 2.00 bits per heavy atom. The van der Waals surface area contributed by atoms with E-state index in [1.807, 2.05) is 30.5 Å². The number of hydrogen-bond acceptors (Lipinski definition) is 3. The summed E-state index contributed by atoms with van der Waals surface area (Å²) in [6, 6.07) is 16.5. The van der Waals surface area contributed by atoms with Crippen molar-refractivity contribution in [2.45, 2.75) is 24.8 Å². The molecule has 0 saturated heterocycles. The molecule has 0 amide bonds. The minimum Gasteiger partial charge on any atom is -0.348 e. The number of rotatable bonds is 2. The van der Waals surface area contributed by atoms with Gasteiger partial charge in [0.1, 0.15) is 4.99 Å². The topological polar surface area (TPSA) is 50.9 Å². The lowest BCUT2D eigenvalue weighted by Gasteiger charge is -2.36. The lowest BCUT2D eigenvalue weighted by atomic mass is 9.77. The maximum absolute atomic E-state index is 6.76. The molecule has 0 fully saturated rings. The Kier molecular flexibility index (Phi) is 3.79. The second kappa shape index (κ2) is 5.96. The van der Waals surface area contributed by atoms with E-state index in [9.17, 15) is 0 Å². The summed E-state index contributed by atoms with van der Waals surface area (Å²) in [7, 11) is 0. The molecule has 1 heterocycles. The Bertz CT molecular complexity index is 921. The quantitative estimate of drug-likeness (QED) is 0.691. The number of nitrogens with zero attached hydrogens (tertiary/aromatic N) is 1. The number of anilines is 1. The second-order valence-electron chi connectivity index (χ2n) is 6.37. The first-order valence-electron chi connectivity index (χ1n) is 8.19. The molecular formula is C20H19N3S. The van der Waals surface area contributed by atoms with E-state index in [1.165, 1.54) is 5.56 Å². The van der Waals surface area contributed by atoms with Crippen molar-refractivity contribution < 1.29 is 0 Å². The van der Waals surface area contributed by atoms with E-state index in [0.29, 0.717) is 4.99 Å². The first kappa shape index (κ1) is 15.2. The number of nitrogens with one attached hydrogen (secondary N) is 1. The zero-order valence-electron chi connectivity index (χ0n) is 13.3. The fraction of sp³-hybridized carbons (Fsp3) is 0.200. The van der Waals surface area contributed by atoms with Gasteiger partial charge < -0.3 is 11.1 Å². The Morgan fingerprint density at radius 1 is 1.12 bits per heavy atom. The molecule has 4 heteroatoms. The second-order valence-corrected chi connectivity index (χ2v) is 6.78. The van der Waals surface area contributed by atoms with Gasteiger partial charge >= 0.3 is 0 Å². The van der Waals surface area contributed by atoms with Crippen molar-refractivity contribution in [1.82, 2.24) is 4.98 Å². The standard InChI is InChI=1S/C20H19N3S/c21-20(10-3-5-14-4-1-2-6-18(14)20)19(24)23-17-8-7-16-13-22-11-9-15(16)12-17/h1-2,4,6-9,11-13H,3,5,10,21H2,(H,23,24). The van der Waals surface area contributed by atoms with Gasteiger partial charge in [0.25, 0.3) is 0 Å². The SMILES string of the molecule is NC1(C(=S)Nc2ccc3cnccc3c2)CCCc2ccccc21. The predicted molar refractivity (Wildman–Crippen MR) is 103 cm³/mol. The lowest BCUT2D eigenvalue weighted by Crippen LogP contribution is -2.49. The van der Waals surface area contributed by atoms with Crippen molar-refractivity contribution in [3.05, 3.63) is 72.1 Å². The molecule has 24 heavy (non-hydrogen) atoms. The summed E-state index contributed by atoms with van der Waals surface area (Å²) in [6.45, 7) is 0. The number of pyridine rings is 1. The molecule has 0 aliphatic heterocycles. The van der Waals surface area contributed by atoms with Crippen molar-refractivity contribution in [2.75, 3.05) is 5.32 Å². The summed E-state index contributed by atoms with van der Waals surface area (Å²) in [5.41, 5.74) is 9.58. The highest BCUT2D eigenvalue weighted by molar-refractivity contribution is 7.80. The summed E-state index contributed by atoms with van der Waals surface area (Å²) in [5, 5.41) is 5.61. The van der Waals surface area contributed by atoms with Crippen LogP contribution in [0.2, 0.25) is 0 Å². The van der Waals surface area contributed by atoms with Gasteiger partial charge in [-0.3, -0.25) is 4.98 Å². The summed E-state index contributed by atoms with van der Waals surface area (Å²) in [6.07, 6.45) is 6.65. The molecule has 0 spiro atoms. The largest absolute Gasteiger partial charge is 0.348 e. The fourth-order valence-corrected chi connectivity index (χ4v) is 3.84. The third kappa shape index (κ3) is 2.58. The summed E-state index contributed by atoms with van der Waals surface area (Å²) >= 11 is 5.72. The van der Waals surface area contributed by atoms with Gasteiger partial charge in [0, 0.05) is 23.5 Å². The molecule has 1 unspecified atom stereocenters. The van der Waals surface area contributed by atoms with E-state index in [0.717, 1.165) is 41.3 Å². The number of thiocarbonyl (C=S) groups is 1. The van der Waals surface area contributed by atoms with Crippen LogP contribution in [0.5, 0.6) is 0 Å². The third-order valence-electron chi connectivity index (χ3n) is 4.82. The average molecular weight is 333 g/mol. The maximum Gasteiger partial charge on any atom is 0.105 e. The van der Waals surface area contributed by atoms with Crippen LogP contribution in [0.25, 0.3) is 10.8 Å². The van der Waals surface area contributed by atoms with Crippen LogP contribution in [0.1, 0.15) is 24.0 Å². The zero-order chi connectivity index (χ0) is 16.6. The summed E-state index contributed by atoms with van der Waals surface area (Å²) in [5.74, 6) is 0. The van der Waals surface area contributed by atoms with Gasteiger partial charge in [-0.1, -0.05) is 42.5 Å². The molecule has 0 radical (unpaired) electrons. The van der Waals surface area contributed by atoms with Gasteiger partial charge in [0.05, 0.1) is 5.54 Å². The molecule has 2 aromatic carbocycles. The summed E-state index contributed by atoms with van der Waals surface area (Å²) < 4.78 is 0. The van der Waals surface area contributed by atoms with Gasteiger partial charge in [-0.05, 0) is 54.0 Å². The zero-order valence-corrected chi connectivity index (χ0v) is 14.1. The predicted octanol–water partition coefficient (Wildman–Crippen LogP) is 4.16. The van der Waals surface area contributed by atoms with Gasteiger partial charge in [-0.15, -0.1) is 0 Å². The minimum atomic E-state index is -0.600. The van der Waals surface area contributed by atoms with Crippen LogP contribution in [0.4, 0.5) is 5.69 Å². The molecule has 120 valence electrons. The highest BCUT2D eigenvalue weighted by Crippen LogP contribution is 2.35. The van der Waals surface area contributed by atoms with Gasteiger partial charge in [0.2, 0.25) is 0 Å². The number of aryl methyl sites for hydroxylation is 1. The number of fused-ring (bicyclic) bond motifs is 2. The van der Waals surface area contributed by atoms with E-state index in [-0.39, 0.29) is 0 Å². The molecule has 3 nitrogen and oxygen atoms in total. The van der Waals surface area contributed by atoms with Crippen LogP contribution in [-0.2, 0) is 12.0 Å². The molecule has 1 aromatic heterocycles. The third-order valence-corrected chi connectivity index (χ3v) is 5.29. The van der Waals surface area contributed by atoms with Gasteiger partial charge in [-0.25, -0.2) is 0 Å². The van der Waals surface area contributed by atoms with Crippen LogP contribution in [0.3, 0.4) is 0 Å². The van der Waals surface area contributed by atoms with Crippen molar-refractivity contribution >= 4 is 33.7 Å². The first-order chi connectivity index (χ1) is 11.7. The minimum absolute atomic E-state index is 0.600. The van der Waals surface area contributed by atoms with Gasteiger partial charge in [-0.2, -0.15) is 0 Å². The summed E-state index contributed by atoms with van der Waals surface area (Å²) in [4.78, 5) is 4.83. The van der Waals surface area contributed by atoms with Crippen LogP contribution < -0.4 is 11.1 Å². The lowest BCUT2D eigenvalue weighted by molar-refractivity contribution is 0.492. The van der Waals surface area contributed by atoms with Crippen LogP contribution in [0.15, 0.2) is 60.9 Å². The molecule has 1 aliphatic rings. The van der Waals surface area contributed by atoms with E-state index in [1.54, 1.807) is 6.20 Å². The normalized spacial score (nSPS) is 19.7. The maximum atomic E-state index is 6.76. The first-order valence-corrected chi connectivity index (χ1v) is 8.60. The number of nitrogens with two attached hydrogens (primary N) is 1.